The van der Waals surface area contributed by atoms with E-state index in [0.717, 1.165) is 30.1 Å². The van der Waals surface area contributed by atoms with Crippen LogP contribution in [0.1, 0.15) is 18.7 Å². The Morgan fingerprint density at radius 1 is 1.50 bits per heavy atom. The minimum absolute atomic E-state index is 0.679. The zero-order valence-electron chi connectivity index (χ0n) is 10.7. The topological polar surface area (TPSA) is 59.5 Å². The molecule has 0 aliphatic carbocycles. The highest BCUT2D eigenvalue weighted by Gasteiger charge is 2.19. The molecule has 0 aromatic carbocycles. The van der Waals surface area contributed by atoms with E-state index in [-0.39, 0.29) is 0 Å². The highest BCUT2D eigenvalue weighted by Crippen LogP contribution is 2.19. The summed E-state index contributed by atoms with van der Waals surface area (Å²) in [5.74, 6) is 1.61. The van der Waals surface area contributed by atoms with Crippen LogP contribution in [0.5, 0.6) is 0 Å². The van der Waals surface area contributed by atoms with Crippen molar-refractivity contribution in [1.82, 2.24) is 19.5 Å². The molecular formula is C13H19N5. The number of likely N-dealkylation sites (tertiary alicyclic amines) is 1. The summed E-state index contributed by atoms with van der Waals surface area (Å²) in [5.41, 5.74) is 7.32. The van der Waals surface area contributed by atoms with E-state index in [1.807, 2.05) is 18.3 Å². The van der Waals surface area contributed by atoms with Crippen molar-refractivity contribution < 1.29 is 0 Å². The van der Waals surface area contributed by atoms with Gasteiger partial charge in [0.15, 0.2) is 11.5 Å². The van der Waals surface area contributed by atoms with Crippen molar-refractivity contribution in [2.75, 3.05) is 25.9 Å². The Morgan fingerprint density at radius 2 is 2.39 bits per heavy atom. The van der Waals surface area contributed by atoms with Crippen LogP contribution in [0.25, 0.3) is 5.65 Å². The second-order valence-electron chi connectivity index (χ2n) is 5.27. The third-order valence-electron chi connectivity index (χ3n) is 3.60. The summed E-state index contributed by atoms with van der Waals surface area (Å²) in [6.07, 6.45) is 5.39. The van der Waals surface area contributed by atoms with Crippen molar-refractivity contribution in [3.8, 4) is 0 Å². The molecule has 96 valence electrons. The average molecular weight is 245 g/mol. The van der Waals surface area contributed by atoms with Gasteiger partial charge in [0.2, 0.25) is 0 Å². The Kier molecular flexibility index (Phi) is 2.91. The summed E-state index contributed by atoms with van der Waals surface area (Å²) < 4.78 is 1.80. The molecule has 5 nitrogen and oxygen atoms in total. The van der Waals surface area contributed by atoms with E-state index in [0.29, 0.717) is 5.92 Å². The lowest BCUT2D eigenvalue weighted by Gasteiger charge is -2.28. The van der Waals surface area contributed by atoms with Crippen molar-refractivity contribution in [3.63, 3.8) is 0 Å². The van der Waals surface area contributed by atoms with Crippen molar-refractivity contribution in [1.29, 1.82) is 0 Å². The molecule has 1 aliphatic heterocycles. The van der Waals surface area contributed by atoms with Gasteiger partial charge in [-0.25, -0.2) is 9.50 Å². The number of hydrogen-bond donors (Lipinski definition) is 1. The maximum Gasteiger partial charge on any atom is 0.157 e. The quantitative estimate of drug-likeness (QED) is 0.863. The van der Waals surface area contributed by atoms with Crippen molar-refractivity contribution in [2.24, 2.45) is 5.92 Å². The number of anilines is 1. The molecule has 18 heavy (non-hydrogen) atoms. The van der Waals surface area contributed by atoms with Gasteiger partial charge in [0.25, 0.3) is 0 Å². The van der Waals surface area contributed by atoms with E-state index in [1.54, 1.807) is 4.52 Å². The fourth-order valence-corrected chi connectivity index (χ4v) is 2.73. The number of hydrogen-bond acceptors (Lipinski definition) is 4. The van der Waals surface area contributed by atoms with Gasteiger partial charge in [-0.15, -0.1) is 0 Å². The molecule has 3 rings (SSSR count). The molecule has 2 aromatic rings. The predicted molar refractivity (Wildman–Crippen MR) is 71.3 cm³/mol. The molecule has 1 atom stereocenters. The minimum atomic E-state index is 0.679. The first kappa shape index (κ1) is 11.5. The van der Waals surface area contributed by atoms with Crippen LogP contribution in [-0.4, -0.2) is 39.6 Å². The number of pyridine rings is 1. The molecule has 3 heterocycles. The molecule has 0 radical (unpaired) electrons. The lowest BCUT2D eigenvalue weighted by Crippen LogP contribution is -2.33. The molecule has 0 amide bonds. The Labute approximate surface area is 107 Å². The van der Waals surface area contributed by atoms with Crippen LogP contribution in [0.4, 0.5) is 5.69 Å². The number of rotatable bonds is 2. The van der Waals surface area contributed by atoms with Gasteiger partial charge in [-0.3, -0.25) is 0 Å². The number of nitrogens with two attached hydrogens (primary N) is 1. The zero-order valence-corrected chi connectivity index (χ0v) is 10.7. The van der Waals surface area contributed by atoms with Gasteiger partial charge in [-0.1, -0.05) is 0 Å². The van der Waals surface area contributed by atoms with Crippen molar-refractivity contribution in [2.45, 2.75) is 19.3 Å². The average Bonchev–Trinajstić information content (AvgIpc) is 2.70. The fraction of sp³-hybridized carbons (Fsp3) is 0.538. The maximum absolute atomic E-state index is 5.75. The van der Waals surface area contributed by atoms with Crippen LogP contribution in [0.15, 0.2) is 18.3 Å². The third kappa shape index (κ3) is 2.31. The van der Waals surface area contributed by atoms with E-state index < -0.39 is 0 Å². The Hall–Kier alpha value is -1.62. The van der Waals surface area contributed by atoms with Crippen LogP contribution in [0, 0.1) is 5.92 Å². The number of nitrogens with zero attached hydrogens (tertiary/aromatic N) is 4. The second kappa shape index (κ2) is 4.57. The molecular weight excluding hydrogens is 226 g/mol. The lowest BCUT2D eigenvalue weighted by atomic mass is 9.95. The minimum Gasteiger partial charge on any atom is -0.399 e. The molecule has 0 spiro atoms. The second-order valence-corrected chi connectivity index (χ2v) is 5.27. The highest BCUT2D eigenvalue weighted by molar-refractivity contribution is 5.50. The Balaban J connectivity index is 1.78. The molecule has 5 heteroatoms. The summed E-state index contributed by atoms with van der Waals surface area (Å²) in [6.45, 7) is 2.36. The molecule has 0 saturated carbocycles. The maximum atomic E-state index is 5.75. The molecule has 1 fully saturated rings. The van der Waals surface area contributed by atoms with E-state index in [2.05, 4.69) is 22.0 Å². The standard InChI is InChI=1S/C13H19N5/c1-17-5-2-3-10(9-17)7-12-15-13-8-11(14)4-6-18(13)16-12/h4,6,8,10H,2-3,5,7,9,14H2,1H3. The number of piperidine rings is 1. The normalized spacial score (nSPS) is 21.5. The van der Waals surface area contributed by atoms with E-state index >= 15 is 0 Å². The fourth-order valence-electron chi connectivity index (χ4n) is 2.73. The molecule has 2 aromatic heterocycles. The van der Waals surface area contributed by atoms with Gasteiger partial charge in [0.05, 0.1) is 0 Å². The summed E-state index contributed by atoms with van der Waals surface area (Å²) in [4.78, 5) is 6.94. The molecule has 1 aliphatic rings. The molecule has 1 saturated heterocycles. The van der Waals surface area contributed by atoms with E-state index in [1.165, 1.54) is 19.4 Å². The molecule has 1 unspecified atom stereocenters. The molecule has 2 N–H and O–H groups in total. The van der Waals surface area contributed by atoms with Gasteiger partial charge < -0.3 is 10.6 Å². The smallest absolute Gasteiger partial charge is 0.157 e. The van der Waals surface area contributed by atoms with E-state index in [4.69, 9.17) is 5.73 Å². The summed E-state index contributed by atoms with van der Waals surface area (Å²) in [7, 11) is 2.18. The monoisotopic (exact) mass is 245 g/mol. The Morgan fingerprint density at radius 3 is 3.22 bits per heavy atom. The molecule has 0 bridgehead atoms. The van der Waals surface area contributed by atoms with Gasteiger partial charge in [0, 0.05) is 30.9 Å². The van der Waals surface area contributed by atoms with Gasteiger partial charge >= 0.3 is 0 Å². The first-order valence-corrected chi connectivity index (χ1v) is 6.50. The van der Waals surface area contributed by atoms with Crippen molar-refractivity contribution >= 4 is 11.3 Å². The lowest BCUT2D eigenvalue weighted by molar-refractivity contribution is 0.207. The summed E-state index contributed by atoms with van der Waals surface area (Å²) in [6, 6.07) is 3.71. The van der Waals surface area contributed by atoms with Crippen LogP contribution in [-0.2, 0) is 6.42 Å². The van der Waals surface area contributed by atoms with Gasteiger partial charge in [-0.05, 0) is 38.4 Å². The zero-order chi connectivity index (χ0) is 12.5. The van der Waals surface area contributed by atoms with Crippen molar-refractivity contribution in [3.05, 3.63) is 24.2 Å². The van der Waals surface area contributed by atoms with Crippen LogP contribution < -0.4 is 5.73 Å². The summed E-state index contributed by atoms with van der Waals surface area (Å²) >= 11 is 0. The van der Waals surface area contributed by atoms with Crippen LogP contribution in [0.2, 0.25) is 0 Å². The first-order valence-electron chi connectivity index (χ1n) is 6.50. The highest BCUT2D eigenvalue weighted by atomic mass is 15.3. The predicted octanol–water partition coefficient (Wildman–Crippen LogP) is 1.20. The number of fused-ring (bicyclic) bond motifs is 1. The summed E-state index contributed by atoms with van der Waals surface area (Å²) in [5, 5.41) is 4.50. The van der Waals surface area contributed by atoms with Crippen LogP contribution >= 0.6 is 0 Å². The Bertz CT molecular complexity index is 547. The largest absolute Gasteiger partial charge is 0.399 e. The van der Waals surface area contributed by atoms with Gasteiger partial charge in [0.1, 0.15) is 0 Å². The number of nitrogen functional groups attached to an aromatic ring is 1. The van der Waals surface area contributed by atoms with E-state index in [9.17, 15) is 0 Å². The van der Waals surface area contributed by atoms with Gasteiger partial charge in [-0.2, -0.15) is 5.10 Å². The first-order chi connectivity index (χ1) is 8.70. The van der Waals surface area contributed by atoms with Crippen LogP contribution in [0.3, 0.4) is 0 Å². The third-order valence-corrected chi connectivity index (χ3v) is 3.60. The SMILES string of the molecule is CN1CCCC(Cc2nc3cc(N)ccn3n2)C1. The number of aromatic nitrogens is 3.